The first-order valence-electron chi connectivity index (χ1n) is 5.97. The number of rotatable bonds is 3. The van der Waals surface area contributed by atoms with Crippen molar-refractivity contribution in [3.8, 4) is 0 Å². The number of carboxylic acids is 1. The minimum Gasteiger partial charge on any atom is -0.481 e. The lowest BCUT2D eigenvalue weighted by atomic mass is 9.91. The van der Waals surface area contributed by atoms with Gasteiger partial charge in [0, 0.05) is 18.4 Å². The molecule has 1 aromatic rings. The highest BCUT2D eigenvalue weighted by molar-refractivity contribution is 5.85. The molecule has 1 aliphatic rings. The predicted octanol–water partition coefficient (Wildman–Crippen LogP) is 1.59. The van der Waals surface area contributed by atoms with Crippen LogP contribution in [0.3, 0.4) is 0 Å². The highest BCUT2D eigenvalue weighted by Crippen LogP contribution is 2.38. The lowest BCUT2D eigenvalue weighted by molar-refractivity contribution is -0.147. The largest absolute Gasteiger partial charge is 0.481 e. The number of carboxylic acid groups (broad SMARTS) is 1. The normalized spacial score (nSPS) is 27.1. The summed E-state index contributed by atoms with van der Waals surface area (Å²) in [5.74, 6) is -2.08. The van der Waals surface area contributed by atoms with Crippen LogP contribution in [0.2, 0.25) is 0 Å². The zero-order valence-corrected chi connectivity index (χ0v) is 13.2. The third-order valence-electron chi connectivity index (χ3n) is 3.50. The molecular weight excluding hydrogens is 319 g/mol. The number of aromatic nitrogens is 1. The van der Waals surface area contributed by atoms with Gasteiger partial charge in [0.1, 0.15) is 5.54 Å². The van der Waals surface area contributed by atoms with Crippen molar-refractivity contribution in [2.45, 2.75) is 24.9 Å². The van der Waals surface area contributed by atoms with Crippen LogP contribution in [0.1, 0.15) is 24.9 Å². The molecule has 0 radical (unpaired) electrons. The Hall–Kier alpha value is -1.37. The summed E-state index contributed by atoms with van der Waals surface area (Å²) in [7, 11) is 1.29. The van der Waals surface area contributed by atoms with Gasteiger partial charge in [-0.2, -0.15) is 0 Å². The van der Waals surface area contributed by atoms with Crippen molar-refractivity contribution >= 4 is 36.8 Å². The molecule has 1 aromatic heterocycles. The van der Waals surface area contributed by atoms with Crippen molar-refractivity contribution < 1.29 is 19.4 Å². The average molecular weight is 337 g/mol. The zero-order chi connectivity index (χ0) is 14.0. The second kappa shape index (κ2) is 7.59. The van der Waals surface area contributed by atoms with E-state index in [4.69, 9.17) is 4.74 Å². The van der Waals surface area contributed by atoms with Gasteiger partial charge < -0.3 is 9.84 Å². The van der Waals surface area contributed by atoms with Gasteiger partial charge >= 0.3 is 11.9 Å². The first-order chi connectivity index (χ1) is 8.98. The molecule has 3 unspecified atom stereocenters. The molecule has 0 aromatic carbocycles. The van der Waals surface area contributed by atoms with E-state index in [-0.39, 0.29) is 31.2 Å². The average Bonchev–Trinajstić information content (AvgIpc) is 2.78. The summed E-state index contributed by atoms with van der Waals surface area (Å²) < 4.78 is 4.74. The molecule has 1 saturated heterocycles. The van der Waals surface area contributed by atoms with E-state index >= 15 is 0 Å². The predicted molar refractivity (Wildman–Crippen MR) is 80.8 cm³/mol. The molecule has 118 valence electrons. The van der Waals surface area contributed by atoms with Gasteiger partial charge in [-0.15, -0.1) is 24.8 Å². The summed E-state index contributed by atoms with van der Waals surface area (Å²) >= 11 is 0. The fourth-order valence-corrected chi connectivity index (χ4v) is 2.53. The van der Waals surface area contributed by atoms with Crippen LogP contribution in [0.4, 0.5) is 0 Å². The fourth-order valence-electron chi connectivity index (χ4n) is 2.53. The maximum Gasteiger partial charge on any atom is 0.325 e. The third kappa shape index (κ3) is 3.84. The Kier molecular flexibility index (Phi) is 7.09. The van der Waals surface area contributed by atoms with Crippen LogP contribution in [0, 0.1) is 5.92 Å². The molecule has 0 saturated carbocycles. The summed E-state index contributed by atoms with van der Waals surface area (Å²) in [5.41, 5.74) is -0.235. The van der Waals surface area contributed by atoms with Gasteiger partial charge in [0.15, 0.2) is 0 Å². The van der Waals surface area contributed by atoms with Gasteiger partial charge in [-0.05, 0) is 25.0 Å². The van der Waals surface area contributed by atoms with Crippen molar-refractivity contribution in [2.75, 3.05) is 7.11 Å². The molecular formula is C13H18Cl2N2O4. The highest BCUT2D eigenvalue weighted by atomic mass is 35.5. The fraction of sp³-hybridized carbons (Fsp3) is 0.462. The Morgan fingerprint density at radius 1 is 1.48 bits per heavy atom. The molecule has 21 heavy (non-hydrogen) atoms. The Labute approximate surface area is 135 Å². The van der Waals surface area contributed by atoms with Crippen LogP contribution in [0.25, 0.3) is 0 Å². The number of pyridine rings is 1. The number of hydrogen-bond donors (Lipinski definition) is 2. The summed E-state index contributed by atoms with van der Waals surface area (Å²) in [5, 5.41) is 12.4. The number of ether oxygens (including phenoxy) is 1. The van der Waals surface area contributed by atoms with Crippen LogP contribution < -0.4 is 5.32 Å². The molecule has 3 atom stereocenters. The van der Waals surface area contributed by atoms with E-state index in [9.17, 15) is 14.7 Å². The summed E-state index contributed by atoms with van der Waals surface area (Å²) in [6, 6.07) is 3.09. The maximum atomic E-state index is 11.8. The standard InChI is InChI=1S/C13H16N2O4.2ClH/c1-13(12(18)19-2)6-9(11(16)17)10(15-13)8-4-3-5-14-7-8;;/h3-5,7,9-10,15H,6H2,1-2H3,(H,16,17);2*1H. The molecule has 0 spiro atoms. The monoisotopic (exact) mass is 336 g/mol. The van der Waals surface area contributed by atoms with E-state index in [2.05, 4.69) is 10.3 Å². The topological polar surface area (TPSA) is 88.5 Å². The smallest absolute Gasteiger partial charge is 0.325 e. The maximum absolute atomic E-state index is 11.8. The van der Waals surface area contributed by atoms with Gasteiger partial charge in [-0.3, -0.25) is 19.9 Å². The minimum atomic E-state index is -0.988. The van der Waals surface area contributed by atoms with Crippen molar-refractivity contribution in [3.05, 3.63) is 30.1 Å². The number of carbonyl (C=O) groups excluding carboxylic acids is 1. The van der Waals surface area contributed by atoms with Gasteiger partial charge in [-0.25, -0.2) is 0 Å². The van der Waals surface area contributed by atoms with Crippen LogP contribution in [0.15, 0.2) is 24.5 Å². The first kappa shape index (κ1) is 19.6. The minimum absolute atomic E-state index is 0. The van der Waals surface area contributed by atoms with E-state index < -0.39 is 29.4 Å². The molecule has 0 bridgehead atoms. The van der Waals surface area contributed by atoms with Crippen LogP contribution in [-0.4, -0.2) is 34.7 Å². The number of halogens is 2. The van der Waals surface area contributed by atoms with Gasteiger partial charge in [-0.1, -0.05) is 6.07 Å². The Bertz CT molecular complexity index is 500. The molecule has 0 amide bonds. The number of carbonyl (C=O) groups is 2. The number of nitrogens with zero attached hydrogens (tertiary/aromatic N) is 1. The van der Waals surface area contributed by atoms with Crippen molar-refractivity contribution in [1.29, 1.82) is 0 Å². The zero-order valence-electron chi connectivity index (χ0n) is 11.6. The number of esters is 1. The van der Waals surface area contributed by atoms with Gasteiger partial charge in [0.2, 0.25) is 0 Å². The quantitative estimate of drug-likeness (QED) is 0.815. The Morgan fingerprint density at radius 2 is 2.14 bits per heavy atom. The van der Waals surface area contributed by atoms with Crippen LogP contribution in [0.5, 0.6) is 0 Å². The number of hydrogen-bond acceptors (Lipinski definition) is 5. The summed E-state index contributed by atoms with van der Waals surface area (Å²) in [6.45, 7) is 1.66. The van der Waals surface area contributed by atoms with Crippen LogP contribution >= 0.6 is 24.8 Å². The molecule has 6 nitrogen and oxygen atoms in total. The first-order valence-corrected chi connectivity index (χ1v) is 5.97. The van der Waals surface area contributed by atoms with Crippen LogP contribution in [-0.2, 0) is 14.3 Å². The number of methoxy groups -OCH3 is 1. The Morgan fingerprint density at radius 3 is 2.62 bits per heavy atom. The van der Waals surface area contributed by atoms with Crippen molar-refractivity contribution in [1.82, 2.24) is 10.3 Å². The highest BCUT2D eigenvalue weighted by Gasteiger charge is 2.50. The SMILES string of the molecule is COC(=O)C1(C)CC(C(=O)O)C(c2cccnc2)N1.Cl.Cl. The second-order valence-electron chi connectivity index (χ2n) is 4.88. The lowest BCUT2D eigenvalue weighted by Gasteiger charge is -2.22. The van der Waals surface area contributed by atoms with Crippen molar-refractivity contribution in [2.24, 2.45) is 5.92 Å². The molecule has 2 heterocycles. The van der Waals surface area contributed by atoms with E-state index in [1.807, 2.05) is 0 Å². The molecule has 2 rings (SSSR count). The van der Waals surface area contributed by atoms with E-state index in [1.54, 1.807) is 31.5 Å². The van der Waals surface area contributed by atoms with Crippen molar-refractivity contribution in [3.63, 3.8) is 0 Å². The second-order valence-corrected chi connectivity index (χ2v) is 4.88. The molecule has 0 aliphatic carbocycles. The number of nitrogens with one attached hydrogen (secondary N) is 1. The van der Waals surface area contributed by atoms with E-state index in [0.717, 1.165) is 5.56 Å². The van der Waals surface area contributed by atoms with E-state index in [1.165, 1.54) is 7.11 Å². The summed E-state index contributed by atoms with van der Waals surface area (Å²) in [4.78, 5) is 27.1. The molecule has 8 heteroatoms. The number of aliphatic carboxylic acids is 1. The molecule has 1 fully saturated rings. The lowest BCUT2D eigenvalue weighted by Crippen LogP contribution is -2.45. The molecule has 1 aliphatic heterocycles. The van der Waals surface area contributed by atoms with Gasteiger partial charge in [0.05, 0.1) is 13.0 Å². The third-order valence-corrected chi connectivity index (χ3v) is 3.50. The summed E-state index contributed by atoms with van der Waals surface area (Å²) in [6.07, 6.45) is 3.42. The molecule has 2 N–H and O–H groups in total. The van der Waals surface area contributed by atoms with E-state index in [0.29, 0.717) is 0 Å². The Balaban J connectivity index is 0.00000200. The van der Waals surface area contributed by atoms with Gasteiger partial charge in [0.25, 0.3) is 0 Å².